The Kier molecular flexibility index (Phi) is 3.73. The standard InChI is InChI=1S/C6H12O2S/c1-4-6(5(2)3)9(7)8/h6H,2,4H2,1,3H3,(H,7,8). The van der Waals surface area contributed by atoms with E-state index in [4.69, 9.17) is 4.55 Å². The molecule has 0 bridgehead atoms. The van der Waals surface area contributed by atoms with Gasteiger partial charge in [0.1, 0.15) is 0 Å². The molecule has 0 saturated heterocycles. The third-order valence-corrected chi connectivity index (χ3v) is 2.39. The van der Waals surface area contributed by atoms with Crippen LogP contribution in [0.2, 0.25) is 0 Å². The SMILES string of the molecule is C=C(C)C(CC)S(=O)O. The highest BCUT2D eigenvalue weighted by molar-refractivity contribution is 7.80. The molecule has 0 rings (SSSR count). The van der Waals surface area contributed by atoms with E-state index >= 15 is 0 Å². The lowest BCUT2D eigenvalue weighted by Gasteiger charge is -2.07. The number of rotatable bonds is 3. The van der Waals surface area contributed by atoms with Crippen LogP contribution in [0, 0.1) is 0 Å². The third kappa shape index (κ3) is 2.77. The van der Waals surface area contributed by atoms with E-state index in [1.807, 2.05) is 6.92 Å². The Labute approximate surface area is 58.3 Å². The predicted octanol–water partition coefficient (Wildman–Crippen LogP) is 1.56. The Hall–Kier alpha value is -0.150. The maximum absolute atomic E-state index is 10.4. The minimum absolute atomic E-state index is 0.245. The van der Waals surface area contributed by atoms with Crippen LogP contribution in [0.15, 0.2) is 12.2 Å². The lowest BCUT2D eigenvalue weighted by atomic mass is 10.2. The van der Waals surface area contributed by atoms with Crippen LogP contribution in [0.1, 0.15) is 20.3 Å². The van der Waals surface area contributed by atoms with Crippen molar-refractivity contribution in [1.82, 2.24) is 0 Å². The first kappa shape index (κ1) is 8.85. The highest BCUT2D eigenvalue weighted by Gasteiger charge is 2.11. The highest BCUT2D eigenvalue weighted by atomic mass is 32.2. The van der Waals surface area contributed by atoms with Crippen molar-refractivity contribution in [1.29, 1.82) is 0 Å². The molecule has 2 unspecified atom stereocenters. The topological polar surface area (TPSA) is 37.3 Å². The first-order valence-electron chi connectivity index (χ1n) is 2.84. The fraction of sp³-hybridized carbons (Fsp3) is 0.667. The van der Waals surface area contributed by atoms with Crippen LogP contribution in [0.3, 0.4) is 0 Å². The Bertz CT molecular complexity index is 117. The zero-order valence-corrected chi connectivity index (χ0v) is 6.57. The fourth-order valence-corrected chi connectivity index (χ4v) is 1.29. The summed E-state index contributed by atoms with van der Waals surface area (Å²) in [4.78, 5) is 0. The molecule has 3 heteroatoms. The summed E-state index contributed by atoms with van der Waals surface area (Å²) in [6, 6.07) is 0. The second kappa shape index (κ2) is 3.80. The maximum Gasteiger partial charge on any atom is 0.160 e. The van der Waals surface area contributed by atoms with Gasteiger partial charge in [0.2, 0.25) is 0 Å². The van der Waals surface area contributed by atoms with Gasteiger partial charge in [0, 0.05) is 0 Å². The zero-order chi connectivity index (χ0) is 7.44. The molecule has 0 aliphatic rings. The molecule has 0 aliphatic carbocycles. The van der Waals surface area contributed by atoms with E-state index in [1.54, 1.807) is 6.92 Å². The summed E-state index contributed by atoms with van der Waals surface area (Å²) in [5.74, 6) is 0. The molecule has 0 spiro atoms. The van der Waals surface area contributed by atoms with Crippen molar-refractivity contribution in [2.24, 2.45) is 0 Å². The average molecular weight is 148 g/mol. The molecule has 0 aliphatic heterocycles. The van der Waals surface area contributed by atoms with E-state index in [0.29, 0.717) is 6.42 Å². The van der Waals surface area contributed by atoms with Gasteiger partial charge in [-0.15, -0.1) is 0 Å². The van der Waals surface area contributed by atoms with E-state index in [0.717, 1.165) is 5.57 Å². The van der Waals surface area contributed by atoms with Crippen molar-refractivity contribution in [3.05, 3.63) is 12.2 Å². The van der Waals surface area contributed by atoms with Gasteiger partial charge in [-0.1, -0.05) is 19.1 Å². The smallest absolute Gasteiger partial charge is 0.160 e. The summed E-state index contributed by atoms with van der Waals surface area (Å²) in [5.41, 5.74) is 0.776. The first-order chi connectivity index (χ1) is 4.09. The largest absolute Gasteiger partial charge is 0.306 e. The summed E-state index contributed by atoms with van der Waals surface area (Å²) >= 11 is -1.73. The molecule has 0 aromatic rings. The highest BCUT2D eigenvalue weighted by Crippen LogP contribution is 2.08. The molecule has 0 radical (unpaired) electrons. The van der Waals surface area contributed by atoms with Gasteiger partial charge in [-0.3, -0.25) is 0 Å². The second-order valence-electron chi connectivity index (χ2n) is 2.02. The Morgan fingerprint density at radius 1 is 1.89 bits per heavy atom. The van der Waals surface area contributed by atoms with E-state index in [-0.39, 0.29) is 5.25 Å². The number of hydrogen-bond donors (Lipinski definition) is 1. The van der Waals surface area contributed by atoms with Crippen LogP contribution in [0.5, 0.6) is 0 Å². The summed E-state index contributed by atoms with van der Waals surface area (Å²) in [7, 11) is 0. The van der Waals surface area contributed by atoms with Crippen LogP contribution in [0.4, 0.5) is 0 Å². The van der Waals surface area contributed by atoms with E-state index in [9.17, 15) is 4.21 Å². The Morgan fingerprint density at radius 3 is 2.33 bits per heavy atom. The first-order valence-corrected chi connectivity index (χ1v) is 4.01. The van der Waals surface area contributed by atoms with Gasteiger partial charge >= 0.3 is 0 Å². The molecule has 2 nitrogen and oxygen atoms in total. The lowest BCUT2D eigenvalue weighted by molar-refractivity contribution is 0.552. The second-order valence-corrected chi connectivity index (χ2v) is 3.14. The van der Waals surface area contributed by atoms with Gasteiger partial charge in [0.05, 0.1) is 5.25 Å². The van der Waals surface area contributed by atoms with E-state index < -0.39 is 11.1 Å². The summed E-state index contributed by atoms with van der Waals surface area (Å²) in [6.45, 7) is 7.23. The van der Waals surface area contributed by atoms with Crippen molar-refractivity contribution >= 4 is 11.1 Å². The molecular weight excluding hydrogens is 136 g/mol. The molecule has 0 aromatic heterocycles. The van der Waals surface area contributed by atoms with Gasteiger partial charge in [-0.2, -0.15) is 0 Å². The van der Waals surface area contributed by atoms with Crippen LogP contribution in [0.25, 0.3) is 0 Å². The van der Waals surface area contributed by atoms with E-state index in [1.165, 1.54) is 0 Å². The zero-order valence-electron chi connectivity index (χ0n) is 5.76. The molecule has 0 amide bonds. The van der Waals surface area contributed by atoms with Crippen LogP contribution in [-0.2, 0) is 11.1 Å². The third-order valence-electron chi connectivity index (χ3n) is 1.16. The molecule has 54 valence electrons. The van der Waals surface area contributed by atoms with E-state index in [2.05, 4.69) is 6.58 Å². The van der Waals surface area contributed by atoms with Gasteiger partial charge in [0.15, 0.2) is 11.1 Å². The summed E-state index contributed by atoms with van der Waals surface area (Å²) in [6.07, 6.45) is 0.679. The number of hydrogen-bond acceptors (Lipinski definition) is 1. The van der Waals surface area contributed by atoms with Gasteiger partial charge in [-0.25, -0.2) is 4.21 Å². The molecule has 0 saturated carbocycles. The van der Waals surface area contributed by atoms with Crippen molar-refractivity contribution in [3.63, 3.8) is 0 Å². The lowest BCUT2D eigenvalue weighted by Crippen LogP contribution is -2.13. The van der Waals surface area contributed by atoms with Gasteiger partial charge < -0.3 is 4.55 Å². The minimum Gasteiger partial charge on any atom is -0.306 e. The average Bonchev–Trinajstić information content (AvgIpc) is 1.64. The quantitative estimate of drug-likeness (QED) is 0.487. The molecular formula is C6H12O2S. The van der Waals surface area contributed by atoms with Gasteiger partial charge in [0.25, 0.3) is 0 Å². The van der Waals surface area contributed by atoms with Crippen LogP contribution in [-0.4, -0.2) is 14.0 Å². The van der Waals surface area contributed by atoms with Crippen molar-refractivity contribution < 1.29 is 8.76 Å². The minimum atomic E-state index is -1.73. The fourth-order valence-electron chi connectivity index (χ4n) is 0.663. The molecule has 0 fully saturated rings. The molecule has 9 heavy (non-hydrogen) atoms. The predicted molar refractivity (Wildman–Crippen MR) is 39.7 cm³/mol. The summed E-state index contributed by atoms with van der Waals surface area (Å²) < 4.78 is 19.0. The van der Waals surface area contributed by atoms with Crippen LogP contribution >= 0.6 is 0 Å². The Balaban J connectivity index is 3.99. The normalized spacial score (nSPS) is 16.8. The molecule has 1 N–H and O–H groups in total. The van der Waals surface area contributed by atoms with Crippen LogP contribution < -0.4 is 0 Å². The van der Waals surface area contributed by atoms with Crippen molar-refractivity contribution in [3.8, 4) is 0 Å². The van der Waals surface area contributed by atoms with Gasteiger partial charge in [-0.05, 0) is 13.3 Å². The molecule has 0 aromatic carbocycles. The monoisotopic (exact) mass is 148 g/mol. The maximum atomic E-state index is 10.4. The molecule has 0 heterocycles. The van der Waals surface area contributed by atoms with Crippen molar-refractivity contribution in [2.45, 2.75) is 25.5 Å². The van der Waals surface area contributed by atoms with Crippen molar-refractivity contribution in [2.75, 3.05) is 0 Å². The summed E-state index contributed by atoms with van der Waals surface area (Å²) in [5, 5.41) is -0.245. The molecule has 2 atom stereocenters. The Morgan fingerprint density at radius 2 is 2.33 bits per heavy atom.